The van der Waals surface area contributed by atoms with Crippen LogP contribution in [0.4, 0.5) is 5.95 Å². The molecule has 206 valence electrons. The van der Waals surface area contributed by atoms with Gasteiger partial charge in [0.05, 0.1) is 17.6 Å². The molecule has 1 fully saturated rings. The van der Waals surface area contributed by atoms with Crippen molar-refractivity contribution in [3.63, 3.8) is 0 Å². The van der Waals surface area contributed by atoms with E-state index in [1.54, 1.807) is 11.3 Å². The first-order valence-corrected chi connectivity index (χ1v) is 15.7. The van der Waals surface area contributed by atoms with Gasteiger partial charge in [0.2, 0.25) is 5.95 Å². The van der Waals surface area contributed by atoms with Gasteiger partial charge < -0.3 is 14.8 Å². The highest BCUT2D eigenvalue weighted by atomic mass is 32.1. The summed E-state index contributed by atoms with van der Waals surface area (Å²) in [6.45, 7) is 16.0. The van der Waals surface area contributed by atoms with E-state index in [0.717, 1.165) is 37.0 Å². The summed E-state index contributed by atoms with van der Waals surface area (Å²) in [5.41, 5.74) is 3.80. The Morgan fingerprint density at radius 1 is 1.08 bits per heavy atom. The van der Waals surface area contributed by atoms with Crippen molar-refractivity contribution in [2.75, 3.05) is 38.0 Å². The second-order valence-corrected chi connectivity index (χ2v) is 12.1. The number of benzene rings is 1. The van der Waals surface area contributed by atoms with Crippen molar-refractivity contribution >= 4 is 28.3 Å². The van der Waals surface area contributed by atoms with Crippen molar-refractivity contribution in [2.45, 2.75) is 91.8 Å². The van der Waals surface area contributed by atoms with Crippen LogP contribution in [0.2, 0.25) is 0 Å². The molecule has 0 saturated carbocycles. The number of aryl methyl sites for hydroxylation is 1. The zero-order chi connectivity index (χ0) is 25.9. The number of fused-ring (bicyclic) bond motifs is 1. The minimum Gasteiger partial charge on any atom is -0.351 e. The molecule has 5 nitrogen and oxygen atoms in total. The van der Waals surface area contributed by atoms with E-state index < -0.39 is 0 Å². The van der Waals surface area contributed by atoms with Gasteiger partial charge in [0, 0.05) is 19.4 Å². The van der Waals surface area contributed by atoms with Crippen molar-refractivity contribution in [3.05, 3.63) is 46.2 Å². The van der Waals surface area contributed by atoms with Gasteiger partial charge in [-0.2, -0.15) is 0 Å². The van der Waals surface area contributed by atoms with Crippen molar-refractivity contribution in [3.8, 4) is 0 Å². The molecule has 1 N–H and O–H groups in total. The summed E-state index contributed by atoms with van der Waals surface area (Å²) in [7, 11) is 0. The Labute approximate surface area is 230 Å². The van der Waals surface area contributed by atoms with Gasteiger partial charge in [-0.15, -0.1) is 11.3 Å². The minimum absolute atomic E-state index is 0. The van der Waals surface area contributed by atoms with E-state index in [-0.39, 0.29) is 1.43 Å². The fourth-order valence-corrected chi connectivity index (χ4v) is 6.00. The Kier molecular flexibility index (Phi) is 11.3. The average molecular weight is 526 g/mol. The second kappa shape index (κ2) is 14.9. The van der Waals surface area contributed by atoms with Crippen LogP contribution in [-0.4, -0.2) is 52.1 Å². The van der Waals surface area contributed by atoms with Gasteiger partial charge in [-0.3, -0.25) is 4.90 Å². The molecule has 0 aliphatic carbocycles. The van der Waals surface area contributed by atoms with Gasteiger partial charge in [-0.05, 0) is 99.9 Å². The summed E-state index contributed by atoms with van der Waals surface area (Å²) < 4.78 is 2.45. The topological polar surface area (TPSA) is 36.3 Å². The van der Waals surface area contributed by atoms with Crippen molar-refractivity contribution in [2.24, 2.45) is 5.92 Å². The lowest BCUT2D eigenvalue weighted by Gasteiger charge is -2.26. The standard InChI is InChI=1S/C31H49N5S.H2/c1-4-6-16-35(21-15-26(3)5-2)25-27-13-14-29-30(23-27)36(20-11-19-34-17-8-7-9-18-34)31(33-29)32-24-28-12-10-22-37-28;/h10,12-14,22-23,26H,4-9,11,15-21,24-25H2,1-3H3,(H,32,33);1H. The van der Waals surface area contributed by atoms with E-state index >= 15 is 0 Å². The Bertz CT molecular complexity index is 1040. The Morgan fingerprint density at radius 3 is 2.70 bits per heavy atom. The summed E-state index contributed by atoms with van der Waals surface area (Å²) in [5, 5.41) is 5.81. The van der Waals surface area contributed by atoms with Gasteiger partial charge in [0.25, 0.3) is 0 Å². The zero-order valence-corrected chi connectivity index (χ0v) is 24.4. The Morgan fingerprint density at radius 2 is 1.95 bits per heavy atom. The van der Waals surface area contributed by atoms with E-state index in [9.17, 15) is 0 Å². The van der Waals surface area contributed by atoms with E-state index in [2.05, 4.69) is 76.2 Å². The smallest absolute Gasteiger partial charge is 0.204 e. The van der Waals surface area contributed by atoms with Crippen LogP contribution in [0.3, 0.4) is 0 Å². The number of likely N-dealkylation sites (tertiary alicyclic amines) is 1. The van der Waals surface area contributed by atoms with Crippen LogP contribution < -0.4 is 5.32 Å². The predicted molar refractivity (Wildman–Crippen MR) is 163 cm³/mol. The molecule has 4 rings (SSSR count). The number of hydrogen-bond acceptors (Lipinski definition) is 5. The number of imidazole rings is 1. The third-order valence-electron chi connectivity index (χ3n) is 7.99. The Hall–Kier alpha value is -1.89. The highest BCUT2D eigenvalue weighted by Crippen LogP contribution is 2.24. The number of rotatable bonds is 16. The fraction of sp³-hybridized carbons (Fsp3) is 0.645. The van der Waals surface area contributed by atoms with Crippen LogP contribution in [0.15, 0.2) is 35.7 Å². The molecule has 37 heavy (non-hydrogen) atoms. The lowest BCUT2D eigenvalue weighted by Crippen LogP contribution is -2.31. The van der Waals surface area contributed by atoms with E-state index in [1.165, 1.54) is 100 Å². The summed E-state index contributed by atoms with van der Waals surface area (Å²) in [4.78, 5) is 11.7. The van der Waals surface area contributed by atoms with Crippen molar-refractivity contribution < 1.29 is 1.43 Å². The van der Waals surface area contributed by atoms with Gasteiger partial charge >= 0.3 is 0 Å². The fourth-order valence-electron chi connectivity index (χ4n) is 5.36. The number of thiophene rings is 1. The summed E-state index contributed by atoms with van der Waals surface area (Å²) in [6.07, 6.45) is 10.4. The largest absolute Gasteiger partial charge is 0.351 e. The quantitative estimate of drug-likeness (QED) is 0.206. The van der Waals surface area contributed by atoms with Crippen LogP contribution in [-0.2, 0) is 19.6 Å². The number of nitrogens with one attached hydrogen (secondary N) is 1. The highest BCUT2D eigenvalue weighted by molar-refractivity contribution is 7.09. The SMILES string of the molecule is CCCCN(CCC(C)CC)Cc1ccc2nc(NCc3cccs3)n(CCCN3CCCCC3)c2c1.[HH]. The third-order valence-corrected chi connectivity index (χ3v) is 8.86. The molecule has 3 aromatic rings. The van der Waals surface area contributed by atoms with Crippen molar-refractivity contribution in [1.29, 1.82) is 0 Å². The predicted octanol–water partition coefficient (Wildman–Crippen LogP) is 7.87. The maximum Gasteiger partial charge on any atom is 0.204 e. The zero-order valence-electron chi connectivity index (χ0n) is 23.6. The molecule has 0 bridgehead atoms. The minimum atomic E-state index is 0. The molecule has 0 spiro atoms. The van der Waals surface area contributed by atoms with E-state index in [4.69, 9.17) is 4.98 Å². The highest BCUT2D eigenvalue weighted by Gasteiger charge is 2.15. The number of anilines is 1. The number of aromatic nitrogens is 2. The lowest BCUT2D eigenvalue weighted by molar-refractivity contribution is 0.223. The Balaban J connectivity index is 0.00000400. The van der Waals surface area contributed by atoms with E-state index in [0.29, 0.717) is 0 Å². The third kappa shape index (κ3) is 8.56. The normalized spacial score (nSPS) is 15.6. The first-order valence-electron chi connectivity index (χ1n) is 14.9. The average Bonchev–Trinajstić information content (AvgIpc) is 3.57. The molecule has 0 amide bonds. The first kappa shape index (κ1) is 28.1. The molecular weight excluding hydrogens is 474 g/mol. The number of nitrogens with zero attached hydrogens (tertiary/aromatic N) is 4. The molecule has 1 unspecified atom stereocenters. The molecule has 0 radical (unpaired) electrons. The summed E-state index contributed by atoms with van der Waals surface area (Å²) in [5.74, 6) is 1.81. The summed E-state index contributed by atoms with van der Waals surface area (Å²) in [6, 6.07) is 11.3. The van der Waals surface area contributed by atoms with Crippen LogP contribution >= 0.6 is 11.3 Å². The molecule has 6 heteroatoms. The van der Waals surface area contributed by atoms with Crippen LogP contribution in [0.1, 0.15) is 84.0 Å². The van der Waals surface area contributed by atoms with Gasteiger partial charge in [-0.25, -0.2) is 4.98 Å². The lowest BCUT2D eigenvalue weighted by atomic mass is 10.0. The molecule has 2 aromatic heterocycles. The number of unbranched alkanes of at least 4 members (excludes halogenated alkanes) is 1. The molecule has 1 aliphatic rings. The number of piperidine rings is 1. The molecular formula is C31H51N5S. The van der Waals surface area contributed by atoms with E-state index in [1.807, 2.05) is 0 Å². The molecule has 1 aliphatic heterocycles. The number of hydrogen-bond donors (Lipinski definition) is 1. The monoisotopic (exact) mass is 525 g/mol. The van der Waals surface area contributed by atoms with Gasteiger partial charge in [0.15, 0.2) is 0 Å². The van der Waals surface area contributed by atoms with Gasteiger partial charge in [-0.1, -0.05) is 52.2 Å². The first-order chi connectivity index (χ1) is 18.2. The summed E-state index contributed by atoms with van der Waals surface area (Å²) >= 11 is 1.80. The van der Waals surface area contributed by atoms with Crippen LogP contribution in [0, 0.1) is 5.92 Å². The van der Waals surface area contributed by atoms with Gasteiger partial charge in [0.1, 0.15) is 0 Å². The van der Waals surface area contributed by atoms with Crippen molar-refractivity contribution in [1.82, 2.24) is 19.4 Å². The van der Waals surface area contributed by atoms with Crippen LogP contribution in [0.25, 0.3) is 11.0 Å². The maximum absolute atomic E-state index is 5.05. The molecule has 1 atom stereocenters. The second-order valence-electron chi connectivity index (χ2n) is 11.0. The maximum atomic E-state index is 5.05. The van der Waals surface area contributed by atoms with Crippen LogP contribution in [0.5, 0.6) is 0 Å². The molecule has 3 heterocycles. The molecule has 1 aromatic carbocycles. The molecule has 1 saturated heterocycles.